The summed E-state index contributed by atoms with van der Waals surface area (Å²) in [5.74, 6) is -0.970. The number of amides is 1. The molecule has 2 aromatic rings. The van der Waals surface area contributed by atoms with Gasteiger partial charge in [0.15, 0.2) is 5.69 Å². The molecule has 0 aliphatic heterocycles. The van der Waals surface area contributed by atoms with Crippen molar-refractivity contribution in [2.24, 2.45) is 0 Å². The molecule has 8 heteroatoms. The first-order chi connectivity index (χ1) is 9.79. The van der Waals surface area contributed by atoms with Crippen molar-refractivity contribution < 1.29 is 23.1 Å². The van der Waals surface area contributed by atoms with E-state index in [1.54, 1.807) is 18.2 Å². The number of alkyl halides is 3. The van der Waals surface area contributed by atoms with Crippen molar-refractivity contribution in [1.29, 1.82) is 0 Å². The standard InChI is InChI=1S/C13H12F3N3O2/c1-7(20)9-10(13(14,15)16)18-12(17-9)19-11(21)8-5-3-2-4-6-8/h2-7,20H,1H3,(H2,17,18,19,21). The predicted octanol–water partition coefficient (Wildman–Crippen LogP) is 2.73. The van der Waals surface area contributed by atoms with Crippen molar-refractivity contribution in [2.45, 2.75) is 19.2 Å². The summed E-state index contributed by atoms with van der Waals surface area (Å²) in [5.41, 5.74) is -1.47. The lowest BCUT2D eigenvalue weighted by Gasteiger charge is -2.07. The summed E-state index contributed by atoms with van der Waals surface area (Å²) < 4.78 is 38.3. The highest BCUT2D eigenvalue weighted by atomic mass is 19.4. The number of anilines is 1. The van der Waals surface area contributed by atoms with Crippen molar-refractivity contribution >= 4 is 11.9 Å². The normalized spacial score (nSPS) is 13.0. The Hall–Kier alpha value is -2.35. The van der Waals surface area contributed by atoms with Crippen LogP contribution in [0.15, 0.2) is 30.3 Å². The van der Waals surface area contributed by atoms with E-state index in [1.165, 1.54) is 19.1 Å². The summed E-state index contributed by atoms with van der Waals surface area (Å²) >= 11 is 0. The van der Waals surface area contributed by atoms with Crippen LogP contribution >= 0.6 is 0 Å². The van der Waals surface area contributed by atoms with E-state index in [4.69, 9.17) is 0 Å². The third kappa shape index (κ3) is 3.40. The Labute approximate surface area is 117 Å². The first-order valence-electron chi connectivity index (χ1n) is 6.00. The molecular formula is C13H12F3N3O2. The van der Waals surface area contributed by atoms with Crippen LogP contribution in [0.5, 0.6) is 0 Å². The summed E-state index contributed by atoms with van der Waals surface area (Å²) in [4.78, 5) is 17.4. The number of aromatic nitrogens is 2. The molecule has 1 unspecified atom stereocenters. The van der Waals surface area contributed by atoms with Gasteiger partial charge in [-0.1, -0.05) is 18.2 Å². The van der Waals surface area contributed by atoms with Crippen molar-refractivity contribution in [2.75, 3.05) is 5.32 Å². The van der Waals surface area contributed by atoms with E-state index in [1.807, 2.05) is 0 Å². The fourth-order valence-corrected chi connectivity index (χ4v) is 1.73. The van der Waals surface area contributed by atoms with Crippen LogP contribution in [0.25, 0.3) is 0 Å². The molecule has 1 amide bonds. The molecule has 21 heavy (non-hydrogen) atoms. The summed E-state index contributed by atoms with van der Waals surface area (Å²) in [6.45, 7) is 1.17. The number of nitrogens with one attached hydrogen (secondary N) is 2. The Bertz CT molecular complexity index is 636. The van der Waals surface area contributed by atoms with Crippen LogP contribution in [0.4, 0.5) is 19.1 Å². The number of hydrogen-bond acceptors (Lipinski definition) is 3. The van der Waals surface area contributed by atoms with Gasteiger partial charge in [0.05, 0.1) is 11.8 Å². The van der Waals surface area contributed by atoms with E-state index in [0.717, 1.165) is 0 Å². The number of carbonyl (C=O) groups is 1. The van der Waals surface area contributed by atoms with Gasteiger partial charge in [-0.15, -0.1) is 0 Å². The number of carbonyl (C=O) groups excluding carboxylic acids is 1. The second-order valence-corrected chi connectivity index (χ2v) is 4.34. The number of halogens is 3. The number of nitrogens with zero attached hydrogens (tertiary/aromatic N) is 1. The molecule has 5 nitrogen and oxygen atoms in total. The van der Waals surface area contributed by atoms with Crippen LogP contribution in [0.1, 0.15) is 34.8 Å². The van der Waals surface area contributed by atoms with Gasteiger partial charge in [-0.2, -0.15) is 13.2 Å². The van der Waals surface area contributed by atoms with Crippen LogP contribution in [0.3, 0.4) is 0 Å². The second-order valence-electron chi connectivity index (χ2n) is 4.34. The Morgan fingerprint density at radius 3 is 2.43 bits per heavy atom. The van der Waals surface area contributed by atoms with Crippen molar-refractivity contribution in [3.05, 3.63) is 47.3 Å². The number of H-pyrrole nitrogens is 1. The van der Waals surface area contributed by atoms with Crippen LogP contribution < -0.4 is 5.32 Å². The number of imidazole rings is 1. The minimum absolute atomic E-state index is 0.279. The minimum Gasteiger partial charge on any atom is -0.387 e. The lowest BCUT2D eigenvalue weighted by Crippen LogP contribution is -2.13. The van der Waals surface area contributed by atoms with E-state index >= 15 is 0 Å². The summed E-state index contributed by atoms with van der Waals surface area (Å²) in [7, 11) is 0. The first kappa shape index (κ1) is 15.0. The maximum absolute atomic E-state index is 12.8. The molecule has 0 bridgehead atoms. The Kier molecular flexibility index (Phi) is 3.99. The van der Waals surface area contributed by atoms with Crippen LogP contribution in [-0.4, -0.2) is 21.0 Å². The van der Waals surface area contributed by atoms with Gasteiger partial charge in [0.1, 0.15) is 0 Å². The smallest absolute Gasteiger partial charge is 0.387 e. The monoisotopic (exact) mass is 299 g/mol. The molecule has 1 aromatic heterocycles. The van der Waals surface area contributed by atoms with Gasteiger partial charge in [0.25, 0.3) is 5.91 Å². The van der Waals surface area contributed by atoms with Crippen LogP contribution in [0.2, 0.25) is 0 Å². The molecule has 0 fully saturated rings. The molecule has 0 saturated heterocycles. The number of aliphatic hydroxyl groups is 1. The summed E-state index contributed by atoms with van der Waals surface area (Å²) in [5, 5.41) is 11.6. The van der Waals surface area contributed by atoms with E-state index in [-0.39, 0.29) is 11.5 Å². The van der Waals surface area contributed by atoms with E-state index in [0.29, 0.717) is 0 Å². The maximum atomic E-state index is 12.8. The van der Waals surface area contributed by atoms with Crippen LogP contribution in [-0.2, 0) is 6.18 Å². The van der Waals surface area contributed by atoms with Gasteiger partial charge < -0.3 is 10.1 Å². The van der Waals surface area contributed by atoms with Gasteiger partial charge >= 0.3 is 6.18 Å². The minimum atomic E-state index is -4.72. The molecule has 1 heterocycles. The zero-order valence-electron chi connectivity index (χ0n) is 10.9. The van der Waals surface area contributed by atoms with E-state index < -0.39 is 29.6 Å². The van der Waals surface area contributed by atoms with E-state index in [2.05, 4.69) is 15.3 Å². The molecular weight excluding hydrogens is 287 g/mol. The average Bonchev–Trinajstić information content (AvgIpc) is 2.84. The quantitative estimate of drug-likeness (QED) is 0.815. The topological polar surface area (TPSA) is 78.0 Å². The van der Waals surface area contributed by atoms with Gasteiger partial charge in [-0.25, -0.2) is 4.98 Å². The van der Waals surface area contributed by atoms with Gasteiger partial charge in [0.2, 0.25) is 5.95 Å². The zero-order valence-corrected chi connectivity index (χ0v) is 10.9. The third-order valence-electron chi connectivity index (χ3n) is 2.69. The molecule has 0 radical (unpaired) electrons. The molecule has 3 N–H and O–H groups in total. The lowest BCUT2D eigenvalue weighted by molar-refractivity contribution is -0.142. The highest BCUT2D eigenvalue weighted by molar-refractivity contribution is 6.03. The Morgan fingerprint density at radius 1 is 1.33 bits per heavy atom. The molecule has 2 rings (SSSR count). The van der Waals surface area contributed by atoms with Gasteiger partial charge in [0, 0.05) is 5.56 Å². The predicted molar refractivity (Wildman–Crippen MR) is 68.6 cm³/mol. The van der Waals surface area contributed by atoms with E-state index in [9.17, 15) is 23.1 Å². The molecule has 1 aromatic carbocycles. The number of aromatic amines is 1. The van der Waals surface area contributed by atoms with Crippen molar-refractivity contribution in [3.63, 3.8) is 0 Å². The maximum Gasteiger partial charge on any atom is 0.435 e. The number of hydrogen-bond donors (Lipinski definition) is 3. The van der Waals surface area contributed by atoms with Crippen molar-refractivity contribution in [3.8, 4) is 0 Å². The summed E-state index contributed by atoms with van der Waals surface area (Å²) in [6.07, 6.45) is -6.12. The molecule has 0 aliphatic carbocycles. The van der Waals surface area contributed by atoms with Gasteiger partial charge in [-0.3, -0.25) is 10.1 Å². The molecule has 0 spiro atoms. The highest BCUT2D eigenvalue weighted by Gasteiger charge is 2.38. The zero-order chi connectivity index (χ0) is 15.6. The fraction of sp³-hybridized carbons (Fsp3) is 0.231. The van der Waals surface area contributed by atoms with Crippen molar-refractivity contribution in [1.82, 2.24) is 9.97 Å². The molecule has 0 aliphatic rings. The van der Waals surface area contributed by atoms with Gasteiger partial charge in [-0.05, 0) is 19.1 Å². The number of aliphatic hydroxyl groups excluding tert-OH is 1. The number of benzene rings is 1. The fourth-order valence-electron chi connectivity index (χ4n) is 1.73. The van der Waals surface area contributed by atoms with Crippen LogP contribution in [0, 0.1) is 0 Å². The lowest BCUT2D eigenvalue weighted by atomic mass is 10.2. The second kappa shape index (κ2) is 5.57. The first-order valence-corrected chi connectivity index (χ1v) is 6.00. The number of rotatable bonds is 3. The Balaban J connectivity index is 2.28. The third-order valence-corrected chi connectivity index (χ3v) is 2.69. The average molecular weight is 299 g/mol. The largest absolute Gasteiger partial charge is 0.435 e. The summed E-state index contributed by atoms with van der Waals surface area (Å²) in [6, 6.07) is 7.98. The molecule has 1 atom stereocenters. The SMILES string of the molecule is CC(O)c1[nH]c(NC(=O)c2ccccc2)nc1C(F)(F)F. The Morgan fingerprint density at radius 2 is 1.95 bits per heavy atom. The molecule has 0 saturated carbocycles. The molecule has 112 valence electrons. The highest BCUT2D eigenvalue weighted by Crippen LogP contribution is 2.33.